The number of rotatable bonds is 7. The number of hydrogen-bond acceptors (Lipinski definition) is 4. The maximum Gasteiger partial charge on any atom is 0.257 e. The first-order valence-electron chi connectivity index (χ1n) is 8.65. The van der Waals surface area contributed by atoms with Gasteiger partial charge in [-0.1, -0.05) is 20.8 Å². The molecule has 0 fully saturated rings. The van der Waals surface area contributed by atoms with E-state index in [9.17, 15) is 9.18 Å². The Hall–Kier alpha value is -2.41. The van der Waals surface area contributed by atoms with Crippen LogP contribution in [0.2, 0.25) is 0 Å². The summed E-state index contributed by atoms with van der Waals surface area (Å²) in [6, 6.07) is 5.89. The standard InChI is InChI=1S/C19H27FN4O2/c1-19(2,3)17-11-14(22-23-17)12-24(4)18(25)15-10-13(20)6-7-16(15)26-9-5-8-21/h6-7,10-11H,5,8-9,12,21H2,1-4H3,(H,22,23). The number of hydrogen-bond donors (Lipinski definition) is 2. The van der Waals surface area contributed by atoms with E-state index in [1.807, 2.05) is 6.07 Å². The first-order chi connectivity index (χ1) is 12.2. The van der Waals surface area contributed by atoms with E-state index < -0.39 is 5.82 Å². The molecule has 0 spiro atoms. The third-order valence-corrected chi connectivity index (χ3v) is 3.93. The molecule has 0 aliphatic rings. The van der Waals surface area contributed by atoms with Gasteiger partial charge in [-0.05, 0) is 37.2 Å². The fourth-order valence-electron chi connectivity index (χ4n) is 2.42. The van der Waals surface area contributed by atoms with Crippen molar-refractivity contribution in [2.75, 3.05) is 20.2 Å². The van der Waals surface area contributed by atoms with Crippen molar-refractivity contribution in [3.8, 4) is 5.75 Å². The molecule has 0 bridgehead atoms. The number of halogens is 1. The highest BCUT2D eigenvalue weighted by atomic mass is 19.1. The van der Waals surface area contributed by atoms with Crippen molar-refractivity contribution in [1.29, 1.82) is 0 Å². The van der Waals surface area contributed by atoms with Gasteiger partial charge < -0.3 is 15.4 Å². The smallest absolute Gasteiger partial charge is 0.257 e. The van der Waals surface area contributed by atoms with Crippen LogP contribution in [-0.2, 0) is 12.0 Å². The monoisotopic (exact) mass is 362 g/mol. The van der Waals surface area contributed by atoms with Crippen LogP contribution < -0.4 is 10.5 Å². The van der Waals surface area contributed by atoms with Gasteiger partial charge in [0, 0.05) is 12.5 Å². The van der Waals surface area contributed by atoms with E-state index in [1.54, 1.807) is 7.05 Å². The number of nitrogens with zero attached hydrogens (tertiary/aromatic N) is 2. The molecule has 6 nitrogen and oxygen atoms in total. The van der Waals surface area contributed by atoms with Crippen LogP contribution in [0.25, 0.3) is 0 Å². The molecule has 0 aliphatic heterocycles. The summed E-state index contributed by atoms with van der Waals surface area (Å²) in [7, 11) is 1.66. The lowest BCUT2D eigenvalue weighted by atomic mass is 9.92. The summed E-state index contributed by atoms with van der Waals surface area (Å²) in [4.78, 5) is 14.3. The second-order valence-electron chi connectivity index (χ2n) is 7.32. The number of carbonyl (C=O) groups excluding carboxylic acids is 1. The SMILES string of the molecule is CN(Cc1cc(C(C)(C)C)n[nH]1)C(=O)c1cc(F)ccc1OCCCN. The molecule has 1 amide bonds. The number of nitrogens with one attached hydrogen (secondary N) is 1. The van der Waals surface area contributed by atoms with Crippen LogP contribution in [0.5, 0.6) is 5.75 Å². The van der Waals surface area contributed by atoms with E-state index in [1.165, 1.54) is 23.1 Å². The lowest BCUT2D eigenvalue weighted by Crippen LogP contribution is -2.27. The minimum Gasteiger partial charge on any atom is -0.493 e. The maximum absolute atomic E-state index is 13.7. The second-order valence-corrected chi connectivity index (χ2v) is 7.32. The summed E-state index contributed by atoms with van der Waals surface area (Å²) >= 11 is 0. The first-order valence-corrected chi connectivity index (χ1v) is 8.65. The van der Waals surface area contributed by atoms with Gasteiger partial charge in [-0.25, -0.2) is 4.39 Å². The molecule has 1 heterocycles. The molecule has 0 saturated carbocycles. The molecule has 0 radical (unpaired) electrons. The molecule has 2 rings (SSSR count). The number of amides is 1. The van der Waals surface area contributed by atoms with Crippen molar-refractivity contribution in [1.82, 2.24) is 15.1 Å². The zero-order valence-corrected chi connectivity index (χ0v) is 15.8. The molecular weight excluding hydrogens is 335 g/mol. The number of benzene rings is 1. The first kappa shape index (κ1) is 19.9. The van der Waals surface area contributed by atoms with Crippen molar-refractivity contribution >= 4 is 5.91 Å². The molecular formula is C19H27FN4O2. The Morgan fingerprint density at radius 1 is 1.35 bits per heavy atom. The number of ether oxygens (including phenoxy) is 1. The van der Waals surface area contributed by atoms with Gasteiger partial charge in [-0.15, -0.1) is 0 Å². The summed E-state index contributed by atoms with van der Waals surface area (Å²) in [6.07, 6.45) is 0.657. The van der Waals surface area contributed by atoms with E-state index in [4.69, 9.17) is 10.5 Å². The zero-order chi connectivity index (χ0) is 19.3. The van der Waals surface area contributed by atoms with E-state index in [-0.39, 0.29) is 16.9 Å². The normalized spacial score (nSPS) is 11.5. The van der Waals surface area contributed by atoms with Crippen molar-refractivity contribution in [2.24, 2.45) is 5.73 Å². The van der Waals surface area contributed by atoms with Gasteiger partial charge in [0.05, 0.1) is 30.1 Å². The number of aromatic amines is 1. The lowest BCUT2D eigenvalue weighted by molar-refractivity contribution is 0.0778. The minimum absolute atomic E-state index is 0.0795. The average Bonchev–Trinajstić information content (AvgIpc) is 3.04. The van der Waals surface area contributed by atoms with Crippen molar-refractivity contribution in [2.45, 2.75) is 39.2 Å². The van der Waals surface area contributed by atoms with Crippen LogP contribution in [0, 0.1) is 5.82 Å². The van der Waals surface area contributed by atoms with Gasteiger partial charge in [0.25, 0.3) is 5.91 Å². The molecule has 2 aromatic rings. The molecule has 0 atom stereocenters. The predicted octanol–water partition coefficient (Wildman–Crippen LogP) is 2.85. The van der Waals surface area contributed by atoms with Crippen LogP contribution >= 0.6 is 0 Å². The van der Waals surface area contributed by atoms with Crippen molar-refractivity contribution < 1.29 is 13.9 Å². The fraction of sp³-hybridized carbons (Fsp3) is 0.474. The molecule has 0 unspecified atom stereocenters. The Morgan fingerprint density at radius 3 is 2.69 bits per heavy atom. The highest BCUT2D eigenvalue weighted by Crippen LogP contribution is 2.23. The van der Waals surface area contributed by atoms with Crippen LogP contribution in [-0.4, -0.2) is 41.2 Å². The second kappa shape index (κ2) is 8.31. The Balaban J connectivity index is 2.14. The maximum atomic E-state index is 13.7. The van der Waals surface area contributed by atoms with Gasteiger partial charge in [-0.2, -0.15) is 5.10 Å². The molecule has 7 heteroatoms. The van der Waals surface area contributed by atoms with E-state index in [2.05, 4.69) is 31.0 Å². The summed E-state index contributed by atoms with van der Waals surface area (Å²) < 4.78 is 19.2. The molecule has 142 valence electrons. The molecule has 3 N–H and O–H groups in total. The van der Waals surface area contributed by atoms with Crippen LogP contribution in [0.1, 0.15) is 48.9 Å². The van der Waals surface area contributed by atoms with Crippen molar-refractivity contribution in [3.63, 3.8) is 0 Å². The zero-order valence-electron chi connectivity index (χ0n) is 15.8. The summed E-state index contributed by atoms with van der Waals surface area (Å²) in [5.74, 6) is -0.444. The van der Waals surface area contributed by atoms with Gasteiger partial charge in [0.2, 0.25) is 0 Å². The van der Waals surface area contributed by atoms with E-state index >= 15 is 0 Å². The van der Waals surface area contributed by atoms with E-state index in [0.717, 1.165) is 11.4 Å². The molecule has 26 heavy (non-hydrogen) atoms. The quantitative estimate of drug-likeness (QED) is 0.742. The number of nitrogens with two attached hydrogens (primary N) is 1. The van der Waals surface area contributed by atoms with Crippen LogP contribution in [0.3, 0.4) is 0 Å². The summed E-state index contributed by atoms with van der Waals surface area (Å²) in [5, 5.41) is 7.25. The van der Waals surface area contributed by atoms with Gasteiger partial charge in [0.1, 0.15) is 11.6 Å². The molecule has 0 saturated heterocycles. The van der Waals surface area contributed by atoms with E-state index in [0.29, 0.717) is 31.9 Å². The van der Waals surface area contributed by atoms with Crippen LogP contribution in [0.15, 0.2) is 24.3 Å². The topological polar surface area (TPSA) is 84.2 Å². The summed E-state index contributed by atoms with van der Waals surface area (Å²) in [5.41, 5.74) is 7.31. The Bertz CT molecular complexity index is 752. The van der Waals surface area contributed by atoms with Gasteiger partial charge >= 0.3 is 0 Å². The molecule has 1 aromatic heterocycles. The Morgan fingerprint density at radius 2 is 2.08 bits per heavy atom. The van der Waals surface area contributed by atoms with Gasteiger partial charge in [-0.3, -0.25) is 9.89 Å². The third kappa shape index (κ3) is 5.05. The highest BCUT2D eigenvalue weighted by molar-refractivity contribution is 5.96. The van der Waals surface area contributed by atoms with Gasteiger partial charge in [0.15, 0.2) is 0 Å². The Labute approximate surface area is 153 Å². The largest absolute Gasteiger partial charge is 0.493 e. The number of H-pyrrole nitrogens is 1. The van der Waals surface area contributed by atoms with Crippen molar-refractivity contribution in [3.05, 3.63) is 47.0 Å². The summed E-state index contributed by atoms with van der Waals surface area (Å²) in [6.45, 7) is 7.40. The predicted molar refractivity (Wildman–Crippen MR) is 98.7 cm³/mol. The number of aromatic nitrogens is 2. The third-order valence-electron chi connectivity index (χ3n) is 3.93. The Kier molecular flexibility index (Phi) is 6.37. The molecule has 0 aliphatic carbocycles. The molecule has 1 aromatic carbocycles. The minimum atomic E-state index is -0.482. The van der Waals surface area contributed by atoms with Crippen LogP contribution in [0.4, 0.5) is 4.39 Å². The highest BCUT2D eigenvalue weighted by Gasteiger charge is 2.21. The fourth-order valence-corrected chi connectivity index (χ4v) is 2.42. The lowest BCUT2D eigenvalue weighted by Gasteiger charge is -2.19. The average molecular weight is 362 g/mol. The number of carbonyl (C=O) groups is 1.